The molecular formula is C21H37N3O2. The van der Waals surface area contributed by atoms with Crippen molar-refractivity contribution in [3.8, 4) is 0 Å². The van der Waals surface area contributed by atoms with Crippen molar-refractivity contribution < 1.29 is 9.47 Å². The Morgan fingerprint density at radius 3 is 2.58 bits per heavy atom. The Morgan fingerprint density at radius 2 is 1.85 bits per heavy atom. The van der Waals surface area contributed by atoms with Crippen molar-refractivity contribution in [2.45, 2.75) is 53.7 Å². The van der Waals surface area contributed by atoms with Crippen LogP contribution in [0.5, 0.6) is 0 Å². The van der Waals surface area contributed by atoms with Gasteiger partial charge in [0, 0.05) is 19.7 Å². The van der Waals surface area contributed by atoms with Gasteiger partial charge in [0.05, 0.1) is 26.4 Å². The van der Waals surface area contributed by atoms with Crippen LogP contribution in [0.25, 0.3) is 0 Å². The molecule has 0 aliphatic heterocycles. The highest BCUT2D eigenvalue weighted by atomic mass is 16.5. The Balaban J connectivity index is 2.45. The number of nitrogens with zero attached hydrogens (tertiary/aromatic N) is 1. The van der Waals surface area contributed by atoms with Gasteiger partial charge in [-0.2, -0.15) is 0 Å². The first kappa shape index (κ1) is 22.5. The van der Waals surface area contributed by atoms with Gasteiger partial charge in [-0.05, 0) is 43.7 Å². The lowest BCUT2D eigenvalue weighted by atomic mass is 10.1. The first-order valence-electron chi connectivity index (χ1n) is 9.91. The van der Waals surface area contributed by atoms with E-state index >= 15 is 0 Å². The van der Waals surface area contributed by atoms with E-state index in [0.29, 0.717) is 26.4 Å². The maximum atomic E-state index is 5.64. The van der Waals surface area contributed by atoms with Gasteiger partial charge in [0.15, 0.2) is 5.96 Å². The molecule has 0 saturated carbocycles. The fourth-order valence-corrected chi connectivity index (χ4v) is 2.50. The fraction of sp³-hybridized carbons (Fsp3) is 0.667. The van der Waals surface area contributed by atoms with Gasteiger partial charge in [0.25, 0.3) is 0 Å². The summed E-state index contributed by atoms with van der Waals surface area (Å²) in [6, 6.07) is 8.42. The summed E-state index contributed by atoms with van der Waals surface area (Å²) in [5.74, 6) is 1.63. The lowest BCUT2D eigenvalue weighted by Crippen LogP contribution is -2.37. The molecule has 0 aromatic heterocycles. The van der Waals surface area contributed by atoms with E-state index in [4.69, 9.17) is 14.5 Å². The van der Waals surface area contributed by atoms with Crippen LogP contribution in [0.1, 0.15) is 51.7 Å². The normalized spacial score (nSPS) is 11.8. The minimum absolute atomic E-state index is 0.609. The number of benzene rings is 1. The molecule has 1 aromatic carbocycles. The molecule has 5 heteroatoms. The summed E-state index contributed by atoms with van der Waals surface area (Å²) in [6.45, 7) is 13.7. The van der Waals surface area contributed by atoms with Gasteiger partial charge in [0.2, 0.25) is 0 Å². The number of nitrogens with one attached hydrogen (secondary N) is 2. The monoisotopic (exact) mass is 363 g/mol. The number of aliphatic imine (C=N–C) groups is 1. The molecule has 0 saturated heterocycles. The van der Waals surface area contributed by atoms with Crippen molar-refractivity contribution in [1.29, 1.82) is 0 Å². The van der Waals surface area contributed by atoms with Crippen molar-refractivity contribution in [3.05, 3.63) is 35.4 Å². The molecule has 0 aliphatic carbocycles. The highest BCUT2D eigenvalue weighted by Crippen LogP contribution is 2.08. The molecule has 0 aliphatic rings. The minimum Gasteiger partial charge on any atom is -0.379 e. The number of rotatable bonds is 13. The van der Waals surface area contributed by atoms with Gasteiger partial charge in [-0.1, -0.05) is 38.1 Å². The smallest absolute Gasteiger partial charge is 0.191 e. The van der Waals surface area contributed by atoms with Crippen LogP contribution in [0.4, 0.5) is 0 Å². The Kier molecular flexibility index (Phi) is 12.6. The van der Waals surface area contributed by atoms with Gasteiger partial charge >= 0.3 is 0 Å². The van der Waals surface area contributed by atoms with Crippen molar-refractivity contribution in [1.82, 2.24) is 10.6 Å². The third-order valence-corrected chi connectivity index (χ3v) is 3.85. The average molecular weight is 364 g/mol. The van der Waals surface area contributed by atoms with Crippen LogP contribution in [0, 0.1) is 5.92 Å². The van der Waals surface area contributed by atoms with Gasteiger partial charge in [-0.25, -0.2) is 4.99 Å². The number of guanidine groups is 1. The van der Waals surface area contributed by atoms with Gasteiger partial charge < -0.3 is 20.1 Å². The van der Waals surface area contributed by atoms with E-state index in [-0.39, 0.29) is 0 Å². The molecule has 0 heterocycles. The molecule has 0 fully saturated rings. The zero-order valence-corrected chi connectivity index (χ0v) is 17.0. The van der Waals surface area contributed by atoms with E-state index in [1.807, 2.05) is 6.92 Å². The van der Waals surface area contributed by atoms with Crippen LogP contribution in [0.2, 0.25) is 0 Å². The maximum Gasteiger partial charge on any atom is 0.191 e. The highest BCUT2D eigenvalue weighted by Gasteiger charge is 2.00. The van der Waals surface area contributed by atoms with Crippen LogP contribution in [-0.2, 0) is 22.6 Å². The first-order valence-corrected chi connectivity index (χ1v) is 9.91. The summed E-state index contributed by atoms with van der Waals surface area (Å²) < 4.78 is 10.9. The maximum absolute atomic E-state index is 5.64. The SMILES string of the molecule is CCNC(=NCc1cccc(COCCOCC)c1)NCCCC(C)C. The van der Waals surface area contributed by atoms with E-state index in [2.05, 4.69) is 55.7 Å². The summed E-state index contributed by atoms with van der Waals surface area (Å²) in [5, 5.41) is 6.72. The topological polar surface area (TPSA) is 54.9 Å². The average Bonchev–Trinajstić information content (AvgIpc) is 2.63. The van der Waals surface area contributed by atoms with Crippen LogP contribution < -0.4 is 10.6 Å². The standard InChI is InChI=1S/C21H37N3O2/c1-5-22-21(23-12-8-9-18(3)4)24-16-19-10-7-11-20(15-19)17-26-14-13-25-6-2/h7,10-11,15,18H,5-6,8-9,12-14,16-17H2,1-4H3,(H2,22,23,24). The second-order valence-electron chi connectivity index (χ2n) is 6.73. The van der Waals surface area contributed by atoms with E-state index in [9.17, 15) is 0 Å². The third-order valence-electron chi connectivity index (χ3n) is 3.85. The number of ether oxygens (including phenoxy) is 2. The highest BCUT2D eigenvalue weighted by molar-refractivity contribution is 5.79. The fourth-order valence-electron chi connectivity index (χ4n) is 2.50. The molecular weight excluding hydrogens is 326 g/mol. The zero-order valence-electron chi connectivity index (χ0n) is 17.0. The largest absolute Gasteiger partial charge is 0.379 e. The van der Waals surface area contributed by atoms with Gasteiger partial charge in [-0.3, -0.25) is 0 Å². The summed E-state index contributed by atoms with van der Waals surface area (Å²) in [7, 11) is 0. The predicted molar refractivity (Wildman–Crippen MR) is 109 cm³/mol. The lowest BCUT2D eigenvalue weighted by molar-refractivity contribution is 0.0453. The van der Waals surface area contributed by atoms with Crippen molar-refractivity contribution in [2.24, 2.45) is 10.9 Å². The van der Waals surface area contributed by atoms with Crippen LogP contribution in [0.15, 0.2) is 29.3 Å². The molecule has 0 unspecified atom stereocenters. The first-order chi connectivity index (χ1) is 12.7. The molecule has 148 valence electrons. The molecule has 0 spiro atoms. The molecule has 2 N–H and O–H groups in total. The molecule has 0 amide bonds. The van der Waals surface area contributed by atoms with E-state index in [0.717, 1.165) is 38.0 Å². The molecule has 26 heavy (non-hydrogen) atoms. The summed E-state index contributed by atoms with van der Waals surface area (Å²) >= 11 is 0. The van der Waals surface area contributed by atoms with Gasteiger partial charge in [0.1, 0.15) is 0 Å². The predicted octanol–water partition coefficient (Wildman–Crippen LogP) is 3.73. The molecule has 1 rings (SSSR count). The molecule has 1 aromatic rings. The van der Waals surface area contributed by atoms with E-state index < -0.39 is 0 Å². The Bertz CT molecular complexity index is 504. The number of hydrogen-bond donors (Lipinski definition) is 2. The van der Waals surface area contributed by atoms with Crippen LogP contribution >= 0.6 is 0 Å². The van der Waals surface area contributed by atoms with Crippen molar-refractivity contribution >= 4 is 5.96 Å². The molecule has 0 bridgehead atoms. The molecule has 0 atom stereocenters. The summed E-state index contributed by atoms with van der Waals surface area (Å²) in [6.07, 6.45) is 2.40. The molecule has 0 radical (unpaired) electrons. The third kappa shape index (κ3) is 11.1. The Morgan fingerprint density at radius 1 is 1.08 bits per heavy atom. The quantitative estimate of drug-likeness (QED) is 0.318. The van der Waals surface area contributed by atoms with E-state index in [1.54, 1.807) is 0 Å². The van der Waals surface area contributed by atoms with Gasteiger partial charge in [-0.15, -0.1) is 0 Å². The lowest BCUT2D eigenvalue weighted by Gasteiger charge is -2.12. The minimum atomic E-state index is 0.609. The molecule has 5 nitrogen and oxygen atoms in total. The van der Waals surface area contributed by atoms with Crippen molar-refractivity contribution in [3.63, 3.8) is 0 Å². The summed E-state index contributed by atoms with van der Waals surface area (Å²) in [5.41, 5.74) is 2.36. The van der Waals surface area contributed by atoms with E-state index in [1.165, 1.54) is 17.5 Å². The zero-order chi connectivity index (χ0) is 19.0. The van der Waals surface area contributed by atoms with Crippen LogP contribution in [0.3, 0.4) is 0 Å². The van der Waals surface area contributed by atoms with Crippen LogP contribution in [-0.4, -0.2) is 38.9 Å². The summed E-state index contributed by atoms with van der Waals surface area (Å²) in [4.78, 5) is 4.70. The second-order valence-corrected chi connectivity index (χ2v) is 6.73. The second kappa shape index (κ2) is 14.6. The Hall–Kier alpha value is -1.59. The van der Waals surface area contributed by atoms with Crippen molar-refractivity contribution in [2.75, 3.05) is 32.9 Å². The Labute approximate surface area is 159 Å². The number of hydrogen-bond acceptors (Lipinski definition) is 3.